The van der Waals surface area contributed by atoms with Gasteiger partial charge in [-0.3, -0.25) is 4.79 Å². The zero-order valence-corrected chi connectivity index (χ0v) is 6.06. The normalized spacial score (nSPS) is 9.73. The lowest BCUT2D eigenvalue weighted by Gasteiger charge is -1.96. The number of carbonyl (C=O) groups excluding carboxylic acids is 1. The fourth-order valence-corrected chi connectivity index (χ4v) is 0.331. The molecule has 0 atom stereocenters. The van der Waals surface area contributed by atoms with Crippen LogP contribution < -0.4 is 0 Å². The molecule has 2 N–H and O–H groups in total. The molecule has 0 rings (SSSR count). The van der Waals surface area contributed by atoms with Crippen molar-refractivity contribution < 1.29 is 24.2 Å². The molecule has 0 aromatic carbocycles. The summed E-state index contributed by atoms with van der Waals surface area (Å²) in [5.41, 5.74) is 0. The van der Waals surface area contributed by atoms with Crippen LogP contribution in [0.5, 0.6) is 0 Å². The van der Waals surface area contributed by atoms with Gasteiger partial charge in [-0.1, -0.05) is 0 Å². The average Bonchev–Trinajstić information content (AvgIpc) is 1.85. The van der Waals surface area contributed by atoms with Crippen molar-refractivity contribution >= 4 is 13.3 Å². The number of hydrogen-bond acceptors (Lipinski definition) is 5. The van der Waals surface area contributed by atoms with E-state index in [1.54, 1.807) is 0 Å². The minimum atomic E-state index is -1.83. The Balaban J connectivity index is 3.23. The number of esters is 1. The second-order valence-corrected chi connectivity index (χ2v) is 1.64. The summed E-state index contributed by atoms with van der Waals surface area (Å²) in [5, 5.41) is 16.3. The van der Waals surface area contributed by atoms with Gasteiger partial charge in [0.15, 0.2) is 0 Å². The summed E-state index contributed by atoms with van der Waals surface area (Å²) in [5.74, 6) is -0.404. The minimum Gasteiger partial charge on any atom is -0.519 e. The van der Waals surface area contributed by atoms with Crippen LogP contribution in [0, 0.1) is 0 Å². The highest BCUT2D eigenvalue weighted by Gasteiger charge is 2.05. The van der Waals surface area contributed by atoms with Gasteiger partial charge < -0.3 is 19.4 Å². The molecule has 0 heterocycles. The minimum absolute atomic E-state index is 0.0576. The molecule has 62 valence electrons. The molecule has 0 aliphatic heterocycles. The predicted molar refractivity (Wildman–Crippen MR) is 37.0 cm³/mol. The molecule has 0 spiro atoms. The number of carbonyl (C=O) groups is 1. The van der Waals surface area contributed by atoms with Gasteiger partial charge >= 0.3 is 13.3 Å². The molecule has 0 bridgehead atoms. The average molecular weight is 160 g/mol. The summed E-state index contributed by atoms with van der Waals surface area (Å²) in [6, 6.07) is 0. The van der Waals surface area contributed by atoms with Crippen LogP contribution in [-0.4, -0.2) is 29.9 Å². The van der Waals surface area contributed by atoms with Crippen molar-refractivity contribution in [2.24, 2.45) is 0 Å². The number of ether oxygens (including phenoxy) is 1. The molecular formula is C5H9BO5. The van der Waals surface area contributed by atoms with E-state index in [1.165, 1.54) is 13.0 Å². The van der Waals surface area contributed by atoms with E-state index < -0.39 is 13.3 Å². The first-order valence-electron chi connectivity index (χ1n) is 2.93. The van der Waals surface area contributed by atoms with Crippen molar-refractivity contribution in [1.82, 2.24) is 0 Å². The molecule has 5 nitrogen and oxygen atoms in total. The van der Waals surface area contributed by atoms with E-state index in [9.17, 15) is 4.79 Å². The first-order chi connectivity index (χ1) is 5.13. The Kier molecular flexibility index (Phi) is 5.23. The molecule has 0 radical (unpaired) electrons. The van der Waals surface area contributed by atoms with Gasteiger partial charge in [-0.2, -0.15) is 0 Å². The zero-order valence-electron chi connectivity index (χ0n) is 6.06. The molecule has 0 aliphatic carbocycles. The van der Waals surface area contributed by atoms with Gasteiger partial charge in [0, 0.05) is 6.92 Å². The Bertz CT molecular complexity index is 144. The van der Waals surface area contributed by atoms with Crippen LogP contribution in [0.3, 0.4) is 0 Å². The molecule has 0 saturated heterocycles. The Morgan fingerprint density at radius 2 is 2.27 bits per heavy atom. The van der Waals surface area contributed by atoms with Crippen molar-refractivity contribution in [2.45, 2.75) is 6.92 Å². The summed E-state index contributed by atoms with van der Waals surface area (Å²) in [7, 11) is -1.83. The second-order valence-electron chi connectivity index (χ2n) is 1.64. The second kappa shape index (κ2) is 5.76. The van der Waals surface area contributed by atoms with Gasteiger partial charge in [0.1, 0.15) is 6.61 Å². The molecule has 0 aliphatic rings. The smallest absolute Gasteiger partial charge is 0.519 e. The summed E-state index contributed by atoms with van der Waals surface area (Å²) in [6.07, 6.45) is 2.37. The van der Waals surface area contributed by atoms with Gasteiger partial charge in [-0.05, 0) is 6.08 Å². The van der Waals surface area contributed by atoms with Crippen molar-refractivity contribution in [3.63, 3.8) is 0 Å². The van der Waals surface area contributed by atoms with Crippen LogP contribution >= 0.6 is 0 Å². The molecule has 0 saturated carbocycles. The third kappa shape index (κ3) is 8.99. The maximum Gasteiger partial charge on any atom is 0.707 e. The largest absolute Gasteiger partial charge is 0.707 e. The molecule has 0 aromatic heterocycles. The summed E-state index contributed by atoms with van der Waals surface area (Å²) < 4.78 is 8.62. The predicted octanol–water partition coefficient (Wildman–Crippen LogP) is -0.951. The Morgan fingerprint density at radius 1 is 1.64 bits per heavy atom. The lowest BCUT2D eigenvalue weighted by molar-refractivity contribution is -0.139. The van der Waals surface area contributed by atoms with Gasteiger partial charge in [0.25, 0.3) is 0 Å². The summed E-state index contributed by atoms with van der Waals surface area (Å²) in [6.45, 7) is 1.33. The molecule has 0 amide bonds. The van der Waals surface area contributed by atoms with E-state index in [-0.39, 0.29) is 6.61 Å². The van der Waals surface area contributed by atoms with E-state index in [0.29, 0.717) is 0 Å². The van der Waals surface area contributed by atoms with Crippen LogP contribution in [-0.2, 0) is 14.2 Å². The zero-order chi connectivity index (χ0) is 8.69. The van der Waals surface area contributed by atoms with Crippen LogP contribution in [0.1, 0.15) is 6.92 Å². The van der Waals surface area contributed by atoms with Gasteiger partial charge in [0.05, 0.1) is 6.26 Å². The Hall–Kier alpha value is -1.01. The molecule has 6 heteroatoms. The lowest BCUT2D eigenvalue weighted by atomic mass is 10.3. The van der Waals surface area contributed by atoms with Crippen molar-refractivity contribution in [2.75, 3.05) is 6.61 Å². The molecule has 0 fully saturated rings. The first-order valence-corrected chi connectivity index (χ1v) is 2.93. The van der Waals surface area contributed by atoms with Crippen LogP contribution in [0.25, 0.3) is 0 Å². The standard InChI is InChI=1S/C5H9BO5/c1-5(7)10-3-2-4-11-6(8)9/h2,4,8-9H,3H2,1H3/b4-2+. The van der Waals surface area contributed by atoms with Crippen LogP contribution in [0.15, 0.2) is 12.3 Å². The first kappa shape index (κ1) is 9.99. The van der Waals surface area contributed by atoms with E-state index in [1.807, 2.05) is 0 Å². The molecule has 0 unspecified atom stereocenters. The maximum absolute atomic E-state index is 10.1. The highest BCUT2D eigenvalue weighted by Crippen LogP contribution is 1.81. The monoisotopic (exact) mass is 160 g/mol. The highest BCUT2D eigenvalue weighted by atomic mass is 16.6. The SMILES string of the molecule is CC(=O)OC/C=C/OB(O)O. The van der Waals surface area contributed by atoms with E-state index >= 15 is 0 Å². The van der Waals surface area contributed by atoms with Crippen molar-refractivity contribution in [3.8, 4) is 0 Å². The van der Waals surface area contributed by atoms with Gasteiger partial charge in [-0.15, -0.1) is 0 Å². The fourth-order valence-electron chi connectivity index (χ4n) is 0.331. The Labute approximate surface area is 64.4 Å². The molecular weight excluding hydrogens is 151 g/mol. The maximum atomic E-state index is 10.1. The summed E-state index contributed by atoms with van der Waals surface area (Å²) in [4.78, 5) is 10.1. The topological polar surface area (TPSA) is 76.0 Å². The molecule has 11 heavy (non-hydrogen) atoms. The molecule has 0 aromatic rings. The quantitative estimate of drug-likeness (QED) is 0.315. The lowest BCUT2D eigenvalue weighted by Crippen LogP contribution is -2.12. The number of hydrogen-bond donors (Lipinski definition) is 2. The third-order valence-electron chi connectivity index (χ3n) is 0.679. The highest BCUT2D eigenvalue weighted by molar-refractivity contribution is 6.32. The third-order valence-corrected chi connectivity index (χ3v) is 0.679. The van der Waals surface area contributed by atoms with Crippen molar-refractivity contribution in [3.05, 3.63) is 12.3 Å². The van der Waals surface area contributed by atoms with Crippen LogP contribution in [0.2, 0.25) is 0 Å². The van der Waals surface area contributed by atoms with Crippen molar-refractivity contribution in [1.29, 1.82) is 0 Å². The van der Waals surface area contributed by atoms with E-state index in [0.717, 1.165) is 6.26 Å². The van der Waals surface area contributed by atoms with E-state index in [2.05, 4.69) is 9.39 Å². The Morgan fingerprint density at radius 3 is 2.73 bits per heavy atom. The van der Waals surface area contributed by atoms with Gasteiger partial charge in [-0.25, -0.2) is 0 Å². The fraction of sp³-hybridized carbons (Fsp3) is 0.400. The van der Waals surface area contributed by atoms with Crippen LogP contribution in [0.4, 0.5) is 0 Å². The number of rotatable bonds is 4. The van der Waals surface area contributed by atoms with E-state index in [4.69, 9.17) is 10.0 Å². The van der Waals surface area contributed by atoms with Gasteiger partial charge in [0.2, 0.25) is 0 Å². The summed E-state index contributed by atoms with van der Waals surface area (Å²) >= 11 is 0.